The molecule has 0 aliphatic heterocycles. The van der Waals surface area contributed by atoms with E-state index < -0.39 is 17.6 Å². The van der Waals surface area contributed by atoms with E-state index in [0.29, 0.717) is 10.4 Å². The van der Waals surface area contributed by atoms with Crippen LogP contribution in [0.3, 0.4) is 0 Å². The fourth-order valence-corrected chi connectivity index (χ4v) is 3.16. The zero-order valence-corrected chi connectivity index (χ0v) is 13.2. The lowest BCUT2D eigenvalue weighted by atomic mass is 9.99. The van der Waals surface area contributed by atoms with Gasteiger partial charge in [0.15, 0.2) is 0 Å². The molecule has 1 aromatic carbocycles. The minimum absolute atomic E-state index is 0.0228. The number of carbonyl (C=O) groups excluding carboxylic acids is 1. The largest absolute Gasteiger partial charge is 0.416 e. The average molecular weight is 364 g/mol. The van der Waals surface area contributed by atoms with E-state index in [9.17, 15) is 18.0 Å². The van der Waals surface area contributed by atoms with E-state index in [1.165, 1.54) is 6.07 Å². The number of nitrogens with one attached hydrogen (secondary N) is 1. The Morgan fingerprint density at radius 1 is 1.33 bits per heavy atom. The highest BCUT2D eigenvalue weighted by Crippen LogP contribution is 2.32. The van der Waals surface area contributed by atoms with Crippen LogP contribution in [0.1, 0.15) is 48.5 Å². The number of alkyl halides is 3. The van der Waals surface area contributed by atoms with Crippen molar-refractivity contribution < 1.29 is 18.0 Å². The summed E-state index contributed by atoms with van der Waals surface area (Å²) in [5.41, 5.74) is -0.793. The van der Waals surface area contributed by atoms with Crippen molar-refractivity contribution in [1.29, 1.82) is 0 Å². The van der Waals surface area contributed by atoms with Crippen LogP contribution in [0.15, 0.2) is 22.7 Å². The minimum Gasteiger partial charge on any atom is -0.349 e. The molecule has 1 aromatic rings. The van der Waals surface area contributed by atoms with E-state index in [2.05, 4.69) is 21.2 Å². The average Bonchev–Trinajstić information content (AvgIpc) is 2.91. The van der Waals surface area contributed by atoms with Crippen LogP contribution < -0.4 is 5.32 Å². The van der Waals surface area contributed by atoms with Crippen LogP contribution in [0.25, 0.3) is 0 Å². The summed E-state index contributed by atoms with van der Waals surface area (Å²) in [6.07, 6.45) is -0.0283. The van der Waals surface area contributed by atoms with Gasteiger partial charge in [0.25, 0.3) is 5.91 Å². The molecule has 0 saturated heterocycles. The molecule has 0 heterocycles. The molecule has 6 heteroatoms. The molecule has 1 N–H and O–H groups in total. The van der Waals surface area contributed by atoms with E-state index in [1.807, 2.05) is 6.92 Å². The normalized spacial score (nSPS) is 17.8. The first-order valence-corrected chi connectivity index (χ1v) is 7.76. The Bertz CT molecular complexity index is 524. The van der Waals surface area contributed by atoms with Gasteiger partial charge in [-0.25, -0.2) is 0 Å². The summed E-state index contributed by atoms with van der Waals surface area (Å²) >= 11 is 3.14. The Morgan fingerprint density at radius 3 is 2.52 bits per heavy atom. The lowest BCUT2D eigenvalue weighted by Gasteiger charge is -2.21. The number of benzene rings is 1. The molecule has 2 nitrogen and oxygen atoms in total. The Kier molecular flexibility index (Phi) is 4.96. The monoisotopic (exact) mass is 363 g/mol. The Morgan fingerprint density at radius 2 is 1.95 bits per heavy atom. The molecule has 1 aliphatic carbocycles. The van der Waals surface area contributed by atoms with Gasteiger partial charge in [-0.3, -0.25) is 4.79 Å². The number of amides is 1. The molecule has 116 valence electrons. The van der Waals surface area contributed by atoms with Gasteiger partial charge in [-0.05, 0) is 59.8 Å². The maximum atomic E-state index is 12.7. The highest BCUT2D eigenvalue weighted by atomic mass is 79.9. The molecule has 0 aromatic heterocycles. The van der Waals surface area contributed by atoms with E-state index in [-0.39, 0.29) is 11.6 Å². The molecule has 1 amide bonds. The fourth-order valence-electron chi connectivity index (χ4n) is 2.74. The summed E-state index contributed by atoms with van der Waals surface area (Å²) in [5, 5.41) is 2.82. The number of hydrogen-bond donors (Lipinski definition) is 1. The van der Waals surface area contributed by atoms with Gasteiger partial charge in [0.1, 0.15) is 0 Å². The van der Waals surface area contributed by atoms with Crippen LogP contribution in [-0.4, -0.2) is 11.9 Å². The number of hydrogen-bond acceptors (Lipinski definition) is 1. The van der Waals surface area contributed by atoms with Crippen LogP contribution >= 0.6 is 15.9 Å². The highest BCUT2D eigenvalue weighted by Gasteiger charge is 2.32. The van der Waals surface area contributed by atoms with Crippen molar-refractivity contribution >= 4 is 21.8 Å². The van der Waals surface area contributed by atoms with Gasteiger partial charge >= 0.3 is 6.18 Å². The molecule has 1 atom stereocenters. The Labute approximate surface area is 130 Å². The second kappa shape index (κ2) is 6.38. The molecule has 0 bridgehead atoms. The van der Waals surface area contributed by atoms with Crippen molar-refractivity contribution in [1.82, 2.24) is 5.32 Å². The molecule has 0 spiro atoms. The third kappa shape index (κ3) is 3.99. The standard InChI is InChI=1S/C15H17BrF3NO/c1-9(10-4-2-3-5-10)20-14(21)12-8-11(15(17,18)19)6-7-13(12)16/h6-10H,2-5H2,1H3,(H,20,21). The van der Waals surface area contributed by atoms with Crippen LogP contribution in [-0.2, 0) is 6.18 Å². The highest BCUT2D eigenvalue weighted by molar-refractivity contribution is 9.10. The minimum atomic E-state index is -4.45. The predicted molar refractivity (Wildman–Crippen MR) is 78.0 cm³/mol. The molecule has 1 saturated carbocycles. The molecule has 21 heavy (non-hydrogen) atoms. The lowest BCUT2D eigenvalue weighted by molar-refractivity contribution is -0.137. The lowest BCUT2D eigenvalue weighted by Crippen LogP contribution is -2.37. The van der Waals surface area contributed by atoms with Crippen LogP contribution in [0, 0.1) is 5.92 Å². The molecule has 2 rings (SSSR count). The van der Waals surface area contributed by atoms with Crippen molar-refractivity contribution in [3.8, 4) is 0 Å². The molecule has 1 aliphatic rings. The summed E-state index contributed by atoms with van der Waals surface area (Å²) in [6, 6.07) is 3.08. The maximum Gasteiger partial charge on any atom is 0.416 e. The van der Waals surface area contributed by atoms with Gasteiger partial charge < -0.3 is 5.32 Å². The number of rotatable bonds is 3. The SMILES string of the molecule is CC(NC(=O)c1cc(C(F)(F)F)ccc1Br)C1CCCC1. The van der Waals surface area contributed by atoms with Crippen molar-refractivity contribution in [2.45, 2.75) is 44.8 Å². The van der Waals surface area contributed by atoms with Crippen LogP contribution in [0.4, 0.5) is 13.2 Å². The van der Waals surface area contributed by atoms with Crippen molar-refractivity contribution in [3.05, 3.63) is 33.8 Å². The third-order valence-electron chi connectivity index (χ3n) is 4.00. The fraction of sp³-hybridized carbons (Fsp3) is 0.533. The first-order chi connectivity index (χ1) is 9.79. The zero-order valence-electron chi connectivity index (χ0n) is 11.6. The third-order valence-corrected chi connectivity index (χ3v) is 4.70. The summed E-state index contributed by atoms with van der Waals surface area (Å²) in [4.78, 5) is 12.2. The van der Waals surface area contributed by atoms with E-state index in [4.69, 9.17) is 0 Å². The van der Waals surface area contributed by atoms with E-state index >= 15 is 0 Å². The zero-order chi connectivity index (χ0) is 15.6. The van der Waals surface area contributed by atoms with Crippen LogP contribution in [0.2, 0.25) is 0 Å². The first kappa shape index (κ1) is 16.3. The van der Waals surface area contributed by atoms with Gasteiger partial charge in [0, 0.05) is 10.5 Å². The number of carbonyl (C=O) groups is 1. The maximum absolute atomic E-state index is 12.7. The molecule has 1 unspecified atom stereocenters. The summed E-state index contributed by atoms with van der Waals surface area (Å²) in [7, 11) is 0. The van der Waals surface area contributed by atoms with Gasteiger partial charge in [-0.1, -0.05) is 12.8 Å². The summed E-state index contributed by atoms with van der Waals surface area (Å²) in [6.45, 7) is 1.91. The molecular weight excluding hydrogens is 347 g/mol. The summed E-state index contributed by atoms with van der Waals surface area (Å²) in [5.74, 6) is -0.0501. The topological polar surface area (TPSA) is 29.1 Å². The van der Waals surface area contributed by atoms with Gasteiger partial charge in [-0.2, -0.15) is 13.2 Å². The van der Waals surface area contributed by atoms with Gasteiger partial charge in [0.05, 0.1) is 11.1 Å². The second-order valence-corrected chi connectivity index (χ2v) is 6.35. The van der Waals surface area contributed by atoms with Crippen LogP contribution in [0.5, 0.6) is 0 Å². The van der Waals surface area contributed by atoms with Crippen molar-refractivity contribution in [2.24, 2.45) is 5.92 Å². The summed E-state index contributed by atoms with van der Waals surface area (Å²) < 4.78 is 38.5. The van der Waals surface area contributed by atoms with E-state index in [0.717, 1.165) is 37.8 Å². The predicted octanol–water partition coefficient (Wildman–Crippen LogP) is 4.78. The number of halogens is 4. The van der Waals surface area contributed by atoms with Gasteiger partial charge in [-0.15, -0.1) is 0 Å². The Hall–Kier alpha value is -1.04. The molecule has 1 fully saturated rings. The Balaban J connectivity index is 2.14. The molecule has 0 radical (unpaired) electrons. The first-order valence-electron chi connectivity index (χ1n) is 6.96. The van der Waals surface area contributed by atoms with Gasteiger partial charge in [0.2, 0.25) is 0 Å². The second-order valence-electron chi connectivity index (χ2n) is 5.50. The van der Waals surface area contributed by atoms with E-state index in [1.54, 1.807) is 0 Å². The van der Waals surface area contributed by atoms with Crippen molar-refractivity contribution in [3.63, 3.8) is 0 Å². The van der Waals surface area contributed by atoms with Crippen molar-refractivity contribution in [2.75, 3.05) is 0 Å². The quantitative estimate of drug-likeness (QED) is 0.822. The molecular formula is C15H17BrF3NO. The smallest absolute Gasteiger partial charge is 0.349 e.